The summed E-state index contributed by atoms with van der Waals surface area (Å²) in [5, 5.41) is 0. The Morgan fingerprint density at radius 1 is 1.00 bits per heavy atom. The number of carbonyl (C=O) groups excluding carboxylic acids is 2. The minimum absolute atomic E-state index is 0.00121. The molecule has 2 heterocycles. The fourth-order valence-corrected chi connectivity index (χ4v) is 4.75. The average Bonchev–Trinajstić information content (AvgIpc) is 3.32. The topological polar surface area (TPSA) is 53.1 Å². The molecule has 1 saturated carbocycles. The SMILES string of the molecule is CC1CC(=O)N(CCCN2CCN(c3ccccc3OC3CCCC3)CC2)C1=O. The van der Waals surface area contributed by atoms with Gasteiger partial charge in [-0.3, -0.25) is 19.4 Å². The Morgan fingerprint density at radius 3 is 2.41 bits per heavy atom. The highest BCUT2D eigenvalue weighted by Crippen LogP contribution is 2.32. The first-order valence-corrected chi connectivity index (χ1v) is 11.2. The molecule has 0 radical (unpaired) electrons. The number of hydrogen-bond acceptors (Lipinski definition) is 5. The molecule has 1 aromatic carbocycles. The zero-order valence-corrected chi connectivity index (χ0v) is 17.5. The molecule has 3 aliphatic rings. The third-order valence-electron chi connectivity index (χ3n) is 6.50. The molecule has 29 heavy (non-hydrogen) atoms. The Bertz CT molecular complexity index is 724. The van der Waals surface area contributed by atoms with Crippen LogP contribution < -0.4 is 9.64 Å². The van der Waals surface area contributed by atoms with Gasteiger partial charge in [0.25, 0.3) is 0 Å². The van der Waals surface area contributed by atoms with Crippen LogP contribution >= 0.6 is 0 Å². The molecule has 4 rings (SSSR count). The molecule has 3 fully saturated rings. The van der Waals surface area contributed by atoms with E-state index < -0.39 is 0 Å². The van der Waals surface area contributed by atoms with Gasteiger partial charge in [0.1, 0.15) is 5.75 Å². The first-order chi connectivity index (χ1) is 14.1. The molecule has 1 aliphatic carbocycles. The van der Waals surface area contributed by atoms with Crippen LogP contribution in [0.5, 0.6) is 5.75 Å². The van der Waals surface area contributed by atoms with Crippen molar-refractivity contribution in [1.29, 1.82) is 0 Å². The Kier molecular flexibility index (Phi) is 6.38. The van der Waals surface area contributed by atoms with E-state index in [1.54, 1.807) is 0 Å². The third kappa shape index (κ3) is 4.74. The standard InChI is InChI=1S/C23H33N3O3/c1-18-17-22(27)26(23(18)28)12-6-11-24-13-15-25(16-14-24)20-9-4-5-10-21(20)29-19-7-2-3-8-19/h4-5,9-10,18-19H,2-3,6-8,11-17H2,1H3. The van der Waals surface area contributed by atoms with Gasteiger partial charge in [-0.2, -0.15) is 0 Å². The maximum atomic E-state index is 12.0. The molecule has 0 N–H and O–H groups in total. The summed E-state index contributed by atoms with van der Waals surface area (Å²) < 4.78 is 6.31. The molecule has 1 unspecified atom stereocenters. The second kappa shape index (κ2) is 9.16. The number of likely N-dealkylation sites (tertiary alicyclic amines) is 1. The zero-order valence-electron chi connectivity index (χ0n) is 17.5. The van der Waals surface area contributed by atoms with E-state index in [0.717, 1.165) is 44.9 Å². The van der Waals surface area contributed by atoms with Gasteiger partial charge in [-0.1, -0.05) is 19.1 Å². The van der Waals surface area contributed by atoms with Crippen LogP contribution in [0, 0.1) is 5.92 Å². The molecule has 1 atom stereocenters. The summed E-state index contributed by atoms with van der Waals surface area (Å²) in [4.78, 5) is 30.3. The van der Waals surface area contributed by atoms with Crippen LogP contribution in [0.4, 0.5) is 5.69 Å². The van der Waals surface area contributed by atoms with Crippen molar-refractivity contribution in [3.8, 4) is 5.75 Å². The quantitative estimate of drug-likeness (QED) is 0.660. The average molecular weight is 400 g/mol. The van der Waals surface area contributed by atoms with E-state index >= 15 is 0 Å². The van der Waals surface area contributed by atoms with Gasteiger partial charge in [-0.05, 0) is 50.8 Å². The number of hydrogen-bond donors (Lipinski definition) is 0. The molecule has 6 heteroatoms. The highest BCUT2D eigenvalue weighted by Gasteiger charge is 2.35. The zero-order chi connectivity index (χ0) is 20.2. The molecule has 6 nitrogen and oxygen atoms in total. The number of piperazine rings is 1. The van der Waals surface area contributed by atoms with Gasteiger partial charge in [0.15, 0.2) is 0 Å². The van der Waals surface area contributed by atoms with Crippen LogP contribution in [0.25, 0.3) is 0 Å². The molecule has 2 amide bonds. The molecule has 158 valence electrons. The Morgan fingerprint density at radius 2 is 1.72 bits per heavy atom. The lowest BCUT2D eigenvalue weighted by Crippen LogP contribution is -2.47. The molecule has 0 aromatic heterocycles. The van der Waals surface area contributed by atoms with Gasteiger partial charge in [-0.15, -0.1) is 0 Å². The number of para-hydroxylation sites is 2. The normalized spacial score (nSPS) is 24.0. The monoisotopic (exact) mass is 399 g/mol. The minimum Gasteiger partial charge on any atom is -0.488 e. The van der Waals surface area contributed by atoms with Crippen molar-refractivity contribution in [1.82, 2.24) is 9.80 Å². The molecular weight excluding hydrogens is 366 g/mol. The summed E-state index contributed by atoms with van der Waals surface area (Å²) in [7, 11) is 0. The molecule has 2 aliphatic heterocycles. The van der Waals surface area contributed by atoms with Gasteiger partial charge < -0.3 is 9.64 Å². The van der Waals surface area contributed by atoms with E-state index in [1.165, 1.54) is 36.3 Å². The van der Waals surface area contributed by atoms with E-state index in [0.29, 0.717) is 19.1 Å². The van der Waals surface area contributed by atoms with Gasteiger partial charge in [-0.25, -0.2) is 0 Å². The Labute approximate surface area is 173 Å². The van der Waals surface area contributed by atoms with Crippen molar-refractivity contribution in [3.63, 3.8) is 0 Å². The predicted molar refractivity (Wildman–Crippen MR) is 113 cm³/mol. The van der Waals surface area contributed by atoms with Gasteiger partial charge in [0.05, 0.1) is 11.8 Å². The molecule has 2 saturated heterocycles. The highest BCUT2D eigenvalue weighted by atomic mass is 16.5. The minimum atomic E-state index is -0.141. The summed E-state index contributed by atoms with van der Waals surface area (Å²) in [5.74, 6) is 0.871. The Hall–Kier alpha value is -2.08. The first kappa shape index (κ1) is 20.2. The lowest BCUT2D eigenvalue weighted by molar-refractivity contribution is -0.139. The summed E-state index contributed by atoms with van der Waals surface area (Å²) >= 11 is 0. The maximum absolute atomic E-state index is 12.0. The van der Waals surface area contributed by atoms with Gasteiger partial charge in [0, 0.05) is 45.1 Å². The van der Waals surface area contributed by atoms with Crippen molar-refractivity contribution in [2.75, 3.05) is 44.2 Å². The largest absolute Gasteiger partial charge is 0.488 e. The number of nitrogens with zero attached hydrogens (tertiary/aromatic N) is 3. The van der Waals surface area contributed by atoms with Crippen molar-refractivity contribution in [3.05, 3.63) is 24.3 Å². The van der Waals surface area contributed by atoms with Crippen molar-refractivity contribution >= 4 is 17.5 Å². The number of ether oxygens (including phenoxy) is 1. The number of carbonyl (C=O) groups is 2. The van der Waals surface area contributed by atoms with Crippen LogP contribution in [0.15, 0.2) is 24.3 Å². The number of imide groups is 1. The van der Waals surface area contributed by atoms with Crippen molar-refractivity contribution < 1.29 is 14.3 Å². The summed E-state index contributed by atoms with van der Waals surface area (Å²) in [5.41, 5.74) is 1.21. The highest BCUT2D eigenvalue weighted by molar-refractivity contribution is 6.03. The molecular formula is C23H33N3O3. The van der Waals surface area contributed by atoms with Crippen LogP contribution in [-0.4, -0.2) is 67.0 Å². The Balaban J connectivity index is 1.25. The maximum Gasteiger partial charge on any atom is 0.232 e. The smallest absolute Gasteiger partial charge is 0.232 e. The van der Waals surface area contributed by atoms with Gasteiger partial charge in [0.2, 0.25) is 11.8 Å². The number of benzene rings is 1. The molecule has 0 bridgehead atoms. The predicted octanol–water partition coefficient (Wildman–Crippen LogP) is 2.92. The van der Waals surface area contributed by atoms with E-state index in [2.05, 4.69) is 34.1 Å². The van der Waals surface area contributed by atoms with Crippen LogP contribution in [-0.2, 0) is 9.59 Å². The van der Waals surface area contributed by atoms with E-state index in [-0.39, 0.29) is 17.7 Å². The van der Waals surface area contributed by atoms with Crippen LogP contribution in [0.1, 0.15) is 45.4 Å². The molecule has 1 aromatic rings. The number of anilines is 1. The van der Waals surface area contributed by atoms with Crippen molar-refractivity contribution in [2.24, 2.45) is 5.92 Å². The number of amides is 2. The lowest BCUT2D eigenvalue weighted by atomic mass is 10.1. The molecule has 0 spiro atoms. The van der Waals surface area contributed by atoms with Gasteiger partial charge >= 0.3 is 0 Å². The summed E-state index contributed by atoms with van der Waals surface area (Å²) in [6.07, 6.45) is 6.49. The van der Waals surface area contributed by atoms with Crippen LogP contribution in [0.3, 0.4) is 0 Å². The van der Waals surface area contributed by atoms with E-state index in [4.69, 9.17) is 4.74 Å². The fourth-order valence-electron chi connectivity index (χ4n) is 4.75. The first-order valence-electron chi connectivity index (χ1n) is 11.2. The number of rotatable bonds is 7. The second-order valence-electron chi connectivity index (χ2n) is 8.66. The van der Waals surface area contributed by atoms with Crippen LogP contribution in [0.2, 0.25) is 0 Å². The third-order valence-corrected chi connectivity index (χ3v) is 6.50. The summed E-state index contributed by atoms with van der Waals surface area (Å²) in [6.45, 7) is 7.27. The van der Waals surface area contributed by atoms with E-state index in [9.17, 15) is 9.59 Å². The second-order valence-corrected chi connectivity index (χ2v) is 8.66. The fraction of sp³-hybridized carbons (Fsp3) is 0.652. The summed E-state index contributed by atoms with van der Waals surface area (Å²) in [6, 6.07) is 8.43. The van der Waals surface area contributed by atoms with Crippen molar-refractivity contribution in [2.45, 2.75) is 51.6 Å². The lowest BCUT2D eigenvalue weighted by Gasteiger charge is -2.37. The van der Waals surface area contributed by atoms with E-state index in [1.807, 2.05) is 6.92 Å².